The van der Waals surface area contributed by atoms with Crippen LogP contribution in [0.1, 0.15) is 41.5 Å². The largest absolute Gasteiger partial charge is 0.327 e. The van der Waals surface area contributed by atoms with Crippen molar-refractivity contribution in [2.75, 3.05) is 0 Å². The molecule has 0 aliphatic carbocycles. The topological polar surface area (TPSA) is 17.6 Å². The predicted molar refractivity (Wildman–Crippen MR) is 93.2 cm³/mol. The molecule has 1 aromatic carbocycles. The highest BCUT2D eigenvalue weighted by molar-refractivity contribution is 5.43. The molecule has 0 fully saturated rings. The molecule has 2 aromatic heterocycles. The van der Waals surface area contributed by atoms with Gasteiger partial charge in [-0.3, -0.25) is 0 Å². The van der Waals surface area contributed by atoms with Crippen molar-refractivity contribution in [3.63, 3.8) is 0 Å². The number of nitrogens with zero attached hydrogens (tertiary/aromatic N) is 4. The van der Waals surface area contributed by atoms with Gasteiger partial charge in [-0.1, -0.05) is 24.3 Å². The van der Waals surface area contributed by atoms with Crippen LogP contribution in [-0.2, 0) is 11.1 Å². The van der Waals surface area contributed by atoms with E-state index in [9.17, 15) is 0 Å². The van der Waals surface area contributed by atoms with E-state index < -0.39 is 0 Å². The number of hydrogen-bond acceptors (Lipinski definition) is 0. The zero-order valence-corrected chi connectivity index (χ0v) is 15.4. The molecule has 0 saturated heterocycles. The third-order valence-corrected chi connectivity index (χ3v) is 3.99. The number of rotatable bonds is 2. The van der Waals surface area contributed by atoms with Crippen molar-refractivity contribution in [2.24, 2.45) is 0 Å². The molecular weight excluding hydrogens is 296 g/mol. The molecule has 4 nitrogen and oxygen atoms in total. The Kier molecular flexibility index (Phi) is 3.86. The summed E-state index contributed by atoms with van der Waals surface area (Å²) in [5.74, 6) is 0. The Balaban J connectivity index is 1.95. The molecule has 0 amide bonds. The summed E-state index contributed by atoms with van der Waals surface area (Å²) in [6.45, 7) is 13.0. The highest BCUT2D eigenvalue weighted by Crippen LogP contribution is 2.14. The van der Waals surface area contributed by atoms with Gasteiger partial charge in [-0.05, 0) is 41.5 Å². The van der Waals surface area contributed by atoms with Crippen LogP contribution in [0.25, 0.3) is 11.4 Å². The first-order valence-corrected chi connectivity index (χ1v) is 8.31. The van der Waals surface area contributed by atoms with Crippen molar-refractivity contribution >= 4 is 0 Å². The molecule has 0 saturated carbocycles. The number of hydrogen-bond donors (Lipinski definition) is 0. The Labute approximate surface area is 144 Å². The fraction of sp³-hybridized carbons (Fsp3) is 0.400. The number of aromatic nitrogens is 4. The summed E-state index contributed by atoms with van der Waals surface area (Å²) >= 11 is 0. The van der Waals surface area contributed by atoms with Crippen LogP contribution >= 0.6 is 0 Å². The quantitative estimate of drug-likeness (QED) is 0.510. The predicted octanol–water partition coefficient (Wildman–Crippen LogP) is 2.95. The Bertz CT molecular complexity index is 773. The molecular formula is C20H26N4. The molecule has 3 aromatic rings. The normalized spacial score (nSPS) is 12.6. The van der Waals surface area contributed by atoms with Crippen molar-refractivity contribution < 1.29 is 9.13 Å². The van der Waals surface area contributed by atoms with Crippen LogP contribution in [-0.4, -0.2) is 9.13 Å². The lowest BCUT2D eigenvalue weighted by Gasteiger charge is -2.17. The molecule has 0 N–H and O–H groups in total. The van der Waals surface area contributed by atoms with Gasteiger partial charge in [-0.15, -0.1) is 0 Å². The Hall–Kier alpha value is -2.36. The fourth-order valence-electron chi connectivity index (χ4n) is 2.46. The molecule has 0 spiro atoms. The van der Waals surface area contributed by atoms with Gasteiger partial charge in [-0.2, -0.15) is 0 Å². The van der Waals surface area contributed by atoms with E-state index in [1.807, 2.05) is 21.5 Å². The van der Waals surface area contributed by atoms with E-state index in [-0.39, 0.29) is 11.1 Å². The molecule has 0 bridgehead atoms. The van der Waals surface area contributed by atoms with Crippen LogP contribution in [0.4, 0.5) is 0 Å². The zero-order valence-electron chi connectivity index (χ0n) is 15.4. The monoisotopic (exact) mass is 322 g/mol. The summed E-state index contributed by atoms with van der Waals surface area (Å²) in [5, 5.41) is 0. The number of benzene rings is 1. The minimum Gasteiger partial charge on any atom is -0.327 e. The second-order valence-corrected chi connectivity index (χ2v) is 8.14. The van der Waals surface area contributed by atoms with E-state index in [1.165, 1.54) is 0 Å². The summed E-state index contributed by atoms with van der Waals surface area (Å²) in [7, 11) is 0. The summed E-state index contributed by atoms with van der Waals surface area (Å²) in [6.07, 6.45) is 15.0. The first-order chi connectivity index (χ1) is 11.1. The molecule has 126 valence electrons. The number of imidazole rings is 2. The van der Waals surface area contributed by atoms with Gasteiger partial charge in [0.25, 0.3) is 0 Å². The summed E-state index contributed by atoms with van der Waals surface area (Å²) in [5.41, 5.74) is 2.21. The third kappa shape index (κ3) is 3.28. The first kappa shape index (κ1) is 16.5. The molecule has 0 aliphatic heterocycles. The second-order valence-electron chi connectivity index (χ2n) is 8.14. The Morgan fingerprint density at radius 3 is 1.50 bits per heavy atom. The lowest BCUT2D eigenvalue weighted by molar-refractivity contribution is -0.757. The van der Waals surface area contributed by atoms with Gasteiger partial charge in [0.1, 0.15) is 0 Å². The first-order valence-electron chi connectivity index (χ1n) is 8.31. The standard InChI is InChI=1S/C20H26N4/c1-19(2,3)23-12-10-21(15-23)17-8-7-9-18(14-17)22-11-13-24(16-22)20(4,5)6/h7-14H,1-6H3. The Morgan fingerprint density at radius 1 is 0.750 bits per heavy atom. The van der Waals surface area contributed by atoms with Gasteiger partial charge in [0.15, 0.2) is 0 Å². The van der Waals surface area contributed by atoms with E-state index in [2.05, 4.69) is 100.0 Å². The van der Waals surface area contributed by atoms with Crippen molar-refractivity contribution in [1.29, 1.82) is 0 Å². The van der Waals surface area contributed by atoms with Crippen LogP contribution in [0.5, 0.6) is 0 Å². The van der Waals surface area contributed by atoms with Gasteiger partial charge in [0.2, 0.25) is 12.7 Å². The van der Waals surface area contributed by atoms with Gasteiger partial charge >= 0.3 is 0 Å². The fourth-order valence-corrected chi connectivity index (χ4v) is 2.46. The molecule has 0 unspecified atom stereocenters. The van der Waals surface area contributed by atoms with Crippen molar-refractivity contribution in [3.05, 3.63) is 61.7 Å². The summed E-state index contributed by atoms with van der Waals surface area (Å²) in [4.78, 5) is 0. The van der Waals surface area contributed by atoms with Crippen LogP contribution in [0.3, 0.4) is 0 Å². The summed E-state index contributed by atoms with van der Waals surface area (Å²) in [6, 6.07) is 8.39. The van der Waals surface area contributed by atoms with E-state index in [4.69, 9.17) is 0 Å². The minimum atomic E-state index is 0.0231. The lowest BCUT2D eigenvalue weighted by atomic mass is 10.1. The molecule has 3 rings (SSSR count). The average molecular weight is 322 g/mol. The van der Waals surface area contributed by atoms with E-state index in [0.29, 0.717) is 0 Å². The highest BCUT2D eigenvalue weighted by Gasteiger charge is 2.17. The SMILES string of the molecule is CC(C)(C)[n+]1[c-]n(-c2cccc(-n3[c-][n+](C(C)(C)C)cc3)c2)cc1. The van der Waals surface area contributed by atoms with Crippen molar-refractivity contribution in [1.82, 2.24) is 9.13 Å². The molecule has 0 radical (unpaired) electrons. The van der Waals surface area contributed by atoms with Gasteiger partial charge in [0, 0.05) is 36.2 Å². The van der Waals surface area contributed by atoms with Crippen LogP contribution in [0, 0.1) is 12.7 Å². The molecule has 0 atom stereocenters. The van der Waals surface area contributed by atoms with E-state index in [0.717, 1.165) is 11.4 Å². The average Bonchev–Trinajstić information content (AvgIpc) is 3.16. The van der Waals surface area contributed by atoms with E-state index >= 15 is 0 Å². The Morgan fingerprint density at radius 2 is 1.17 bits per heavy atom. The third-order valence-electron chi connectivity index (χ3n) is 3.99. The van der Waals surface area contributed by atoms with E-state index in [1.54, 1.807) is 0 Å². The van der Waals surface area contributed by atoms with Gasteiger partial charge in [0.05, 0.1) is 11.1 Å². The van der Waals surface area contributed by atoms with Crippen LogP contribution in [0.15, 0.2) is 49.1 Å². The van der Waals surface area contributed by atoms with Crippen LogP contribution in [0.2, 0.25) is 0 Å². The molecule has 2 heterocycles. The summed E-state index contributed by atoms with van der Waals surface area (Å²) < 4.78 is 8.23. The van der Waals surface area contributed by atoms with Gasteiger partial charge < -0.3 is 18.3 Å². The van der Waals surface area contributed by atoms with Crippen molar-refractivity contribution in [2.45, 2.75) is 52.6 Å². The maximum Gasteiger partial charge on any atom is 0.243 e. The van der Waals surface area contributed by atoms with Crippen LogP contribution < -0.4 is 9.13 Å². The zero-order chi connectivity index (χ0) is 17.5. The lowest BCUT2D eigenvalue weighted by Crippen LogP contribution is -2.48. The molecule has 0 aliphatic rings. The smallest absolute Gasteiger partial charge is 0.243 e. The maximum atomic E-state index is 3.39. The molecule has 24 heavy (non-hydrogen) atoms. The highest BCUT2D eigenvalue weighted by atomic mass is 15.2. The van der Waals surface area contributed by atoms with Gasteiger partial charge in [-0.25, -0.2) is 0 Å². The minimum absolute atomic E-state index is 0.0231. The molecule has 4 heteroatoms. The second kappa shape index (κ2) is 5.62. The van der Waals surface area contributed by atoms with Crippen molar-refractivity contribution in [3.8, 4) is 11.4 Å². The maximum absolute atomic E-state index is 3.39.